The summed E-state index contributed by atoms with van der Waals surface area (Å²) in [5, 5.41) is 6.54. The number of rotatable bonds is 7. The molecule has 0 aromatic heterocycles. The van der Waals surface area contributed by atoms with Crippen LogP contribution >= 0.6 is 24.0 Å². The Morgan fingerprint density at radius 2 is 1.78 bits per heavy atom. The SMILES string of the molecule is CCNC(=NCc1ccc(C)cc1N(C)C)NCCN1C(=O)C2C3C=CC(C3)C2C1=O.I. The number of halogens is 1. The molecule has 0 spiro atoms. The number of allylic oxidation sites excluding steroid dienone is 2. The van der Waals surface area contributed by atoms with Crippen LogP contribution in [0.25, 0.3) is 0 Å². The molecular weight excluding hydrogens is 517 g/mol. The van der Waals surface area contributed by atoms with Crippen LogP contribution in [0, 0.1) is 30.6 Å². The summed E-state index contributed by atoms with van der Waals surface area (Å²) in [5.41, 5.74) is 3.52. The Kier molecular flexibility index (Phi) is 7.84. The average Bonchev–Trinajstić information content (AvgIpc) is 3.42. The lowest BCUT2D eigenvalue weighted by molar-refractivity contribution is -0.140. The van der Waals surface area contributed by atoms with Crippen LogP contribution in [0.5, 0.6) is 0 Å². The molecule has 3 aliphatic rings. The quantitative estimate of drug-likeness (QED) is 0.179. The molecule has 4 unspecified atom stereocenters. The Bertz CT molecular complexity index is 899. The number of hydrogen-bond donors (Lipinski definition) is 2. The predicted octanol–water partition coefficient (Wildman–Crippen LogP) is 2.54. The summed E-state index contributed by atoms with van der Waals surface area (Å²) in [6, 6.07) is 6.37. The van der Waals surface area contributed by atoms with E-state index in [1.54, 1.807) is 0 Å². The van der Waals surface area contributed by atoms with Crippen LogP contribution < -0.4 is 15.5 Å². The molecule has 1 aromatic carbocycles. The first kappa shape index (κ1) is 24.5. The van der Waals surface area contributed by atoms with Crippen LogP contribution in [-0.4, -0.2) is 56.4 Å². The van der Waals surface area contributed by atoms with Crippen molar-refractivity contribution in [3.05, 3.63) is 41.5 Å². The van der Waals surface area contributed by atoms with Gasteiger partial charge < -0.3 is 15.5 Å². The molecule has 1 saturated heterocycles. The fourth-order valence-corrected chi connectivity index (χ4v) is 5.20. The van der Waals surface area contributed by atoms with E-state index >= 15 is 0 Å². The molecule has 4 atom stereocenters. The molecule has 8 heteroatoms. The highest BCUT2D eigenvalue weighted by Crippen LogP contribution is 2.52. The Labute approximate surface area is 207 Å². The zero-order chi connectivity index (χ0) is 22.1. The number of likely N-dealkylation sites (tertiary alicyclic amines) is 1. The number of aliphatic imine (C=N–C) groups is 1. The molecule has 174 valence electrons. The van der Waals surface area contributed by atoms with Gasteiger partial charge in [-0.2, -0.15) is 0 Å². The number of nitrogens with zero attached hydrogens (tertiary/aromatic N) is 3. The highest BCUT2D eigenvalue weighted by atomic mass is 127. The third-order valence-electron chi connectivity index (χ3n) is 6.66. The number of fused-ring (bicyclic) bond motifs is 5. The number of guanidine groups is 1. The van der Waals surface area contributed by atoms with Gasteiger partial charge in [0.25, 0.3) is 0 Å². The van der Waals surface area contributed by atoms with E-state index < -0.39 is 0 Å². The van der Waals surface area contributed by atoms with Crippen LogP contribution in [0.4, 0.5) is 5.69 Å². The summed E-state index contributed by atoms with van der Waals surface area (Å²) in [6.45, 7) is 6.25. The number of aryl methyl sites for hydroxylation is 1. The topological polar surface area (TPSA) is 77.0 Å². The van der Waals surface area contributed by atoms with E-state index in [1.165, 1.54) is 10.5 Å². The normalized spacial score (nSPS) is 25.8. The molecule has 2 aliphatic carbocycles. The van der Waals surface area contributed by atoms with Gasteiger partial charge in [-0.1, -0.05) is 24.3 Å². The molecule has 2 fully saturated rings. The maximum Gasteiger partial charge on any atom is 0.233 e. The Balaban J connectivity index is 0.00000289. The van der Waals surface area contributed by atoms with Gasteiger partial charge in [-0.05, 0) is 49.3 Å². The standard InChI is InChI=1S/C24H33N5O2.HI/c1-5-25-24(27-14-18-7-6-15(2)12-19(18)28(3)4)26-10-11-29-22(30)20-16-8-9-17(13-16)21(20)23(29)31;/h6-9,12,16-17,20-21H,5,10-11,13-14H2,1-4H3,(H2,25,26,27);1H. The number of carbonyl (C=O) groups excluding carboxylic acids is 2. The number of imide groups is 1. The van der Waals surface area contributed by atoms with E-state index in [-0.39, 0.29) is 59.5 Å². The van der Waals surface area contributed by atoms with Gasteiger partial charge in [-0.25, -0.2) is 4.99 Å². The number of benzene rings is 1. The van der Waals surface area contributed by atoms with Gasteiger partial charge in [0.05, 0.1) is 18.4 Å². The fraction of sp³-hybridized carbons (Fsp3) is 0.542. The zero-order valence-electron chi connectivity index (χ0n) is 19.3. The first-order valence-corrected chi connectivity index (χ1v) is 11.2. The van der Waals surface area contributed by atoms with Crippen LogP contribution in [0.1, 0.15) is 24.5 Å². The van der Waals surface area contributed by atoms with E-state index in [0.29, 0.717) is 25.6 Å². The second-order valence-corrected chi connectivity index (χ2v) is 8.98. The Morgan fingerprint density at radius 3 is 2.38 bits per heavy atom. The molecule has 1 saturated carbocycles. The van der Waals surface area contributed by atoms with Crippen molar-refractivity contribution < 1.29 is 9.59 Å². The van der Waals surface area contributed by atoms with E-state index in [2.05, 4.69) is 52.8 Å². The van der Waals surface area contributed by atoms with Crippen molar-refractivity contribution >= 4 is 47.4 Å². The summed E-state index contributed by atoms with van der Waals surface area (Å²) < 4.78 is 0. The monoisotopic (exact) mass is 551 g/mol. The number of hydrogen-bond acceptors (Lipinski definition) is 4. The van der Waals surface area contributed by atoms with Gasteiger partial charge in [-0.3, -0.25) is 14.5 Å². The summed E-state index contributed by atoms with van der Waals surface area (Å²) in [7, 11) is 4.07. The molecule has 7 nitrogen and oxygen atoms in total. The van der Waals surface area contributed by atoms with Gasteiger partial charge in [0, 0.05) is 39.4 Å². The van der Waals surface area contributed by atoms with Crippen molar-refractivity contribution in [1.29, 1.82) is 0 Å². The average molecular weight is 551 g/mol. The molecule has 4 rings (SSSR count). The second kappa shape index (κ2) is 10.2. The second-order valence-electron chi connectivity index (χ2n) is 8.98. The van der Waals surface area contributed by atoms with Crippen LogP contribution in [0.3, 0.4) is 0 Å². The lowest BCUT2D eigenvalue weighted by atomic mass is 9.85. The summed E-state index contributed by atoms with van der Waals surface area (Å²) >= 11 is 0. The zero-order valence-corrected chi connectivity index (χ0v) is 21.6. The molecule has 2 N–H and O–H groups in total. The number of nitrogens with one attached hydrogen (secondary N) is 2. The maximum atomic E-state index is 12.8. The fourth-order valence-electron chi connectivity index (χ4n) is 5.20. The predicted molar refractivity (Wildman–Crippen MR) is 138 cm³/mol. The molecule has 1 aromatic rings. The van der Waals surface area contributed by atoms with Gasteiger partial charge in [0.15, 0.2) is 5.96 Å². The molecule has 1 aliphatic heterocycles. The van der Waals surface area contributed by atoms with Crippen LogP contribution in [-0.2, 0) is 16.1 Å². The Hall–Kier alpha value is -2.10. The number of anilines is 1. The molecular formula is C24H34IN5O2. The molecule has 0 radical (unpaired) electrons. The molecule has 32 heavy (non-hydrogen) atoms. The smallest absolute Gasteiger partial charge is 0.233 e. The summed E-state index contributed by atoms with van der Waals surface area (Å²) in [6.07, 6.45) is 5.22. The minimum absolute atomic E-state index is 0. The van der Waals surface area contributed by atoms with Crippen molar-refractivity contribution in [3.8, 4) is 0 Å². The third-order valence-corrected chi connectivity index (χ3v) is 6.66. The lowest BCUT2D eigenvalue weighted by Crippen LogP contribution is -2.43. The van der Waals surface area contributed by atoms with Crippen molar-refractivity contribution in [2.75, 3.05) is 38.6 Å². The van der Waals surface area contributed by atoms with Crippen molar-refractivity contribution in [3.63, 3.8) is 0 Å². The minimum Gasteiger partial charge on any atom is -0.377 e. The first-order chi connectivity index (χ1) is 14.9. The number of carbonyl (C=O) groups is 2. The van der Waals surface area contributed by atoms with Gasteiger partial charge >= 0.3 is 0 Å². The molecule has 2 bridgehead atoms. The minimum atomic E-state index is -0.129. The first-order valence-electron chi connectivity index (χ1n) is 11.2. The summed E-state index contributed by atoms with van der Waals surface area (Å²) in [5.74, 6) is 0.948. The maximum absolute atomic E-state index is 12.8. The van der Waals surface area contributed by atoms with Crippen molar-refractivity contribution in [2.24, 2.45) is 28.7 Å². The highest BCUT2D eigenvalue weighted by molar-refractivity contribution is 14.0. The van der Waals surface area contributed by atoms with Crippen LogP contribution in [0.2, 0.25) is 0 Å². The van der Waals surface area contributed by atoms with E-state index in [1.807, 2.05) is 21.0 Å². The van der Waals surface area contributed by atoms with Gasteiger partial charge in [0.2, 0.25) is 11.8 Å². The van der Waals surface area contributed by atoms with E-state index in [4.69, 9.17) is 4.99 Å². The largest absolute Gasteiger partial charge is 0.377 e. The van der Waals surface area contributed by atoms with Gasteiger partial charge in [-0.15, -0.1) is 24.0 Å². The third kappa shape index (κ3) is 4.65. The van der Waals surface area contributed by atoms with E-state index in [9.17, 15) is 9.59 Å². The lowest BCUT2D eigenvalue weighted by Gasteiger charge is -2.19. The van der Waals surface area contributed by atoms with Gasteiger partial charge in [0.1, 0.15) is 0 Å². The number of amides is 2. The van der Waals surface area contributed by atoms with Crippen molar-refractivity contribution in [2.45, 2.75) is 26.8 Å². The summed E-state index contributed by atoms with van der Waals surface area (Å²) in [4.78, 5) is 33.9. The molecule has 2 amide bonds. The molecule has 1 heterocycles. The Morgan fingerprint density at radius 1 is 1.12 bits per heavy atom. The highest BCUT2D eigenvalue weighted by Gasteiger charge is 2.58. The van der Waals surface area contributed by atoms with Crippen molar-refractivity contribution in [1.82, 2.24) is 15.5 Å². The van der Waals surface area contributed by atoms with Crippen LogP contribution in [0.15, 0.2) is 35.3 Å². The van der Waals surface area contributed by atoms with E-state index in [0.717, 1.165) is 24.2 Å².